The SMILES string of the molecule is [C-]#[N+]C1(Cc2ccc(F)cc2)CCCCC1. The third kappa shape index (κ3) is 2.41. The summed E-state index contributed by atoms with van der Waals surface area (Å²) < 4.78 is 12.8. The molecular formula is C14H16FN. The average molecular weight is 217 g/mol. The second-order valence-electron chi connectivity index (χ2n) is 4.70. The van der Waals surface area contributed by atoms with Gasteiger partial charge in [-0.3, -0.25) is 0 Å². The maximum atomic E-state index is 12.8. The van der Waals surface area contributed by atoms with Gasteiger partial charge in [-0.05, 0) is 30.5 Å². The van der Waals surface area contributed by atoms with Crippen LogP contribution in [0.1, 0.15) is 37.7 Å². The number of nitrogens with zero attached hydrogens (tertiary/aromatic N) is 1. The molecule has 0 atom stereocenters. The van der Waals surface area contributed by atoms with E-state index in [1.807, 2.05) is 0 Å². The summed E-state index contributed by atoms with van der Waals surface area (Å²) in [6, 6.07) is 6.57. The minimum Gasteiger partial charge on any atom is -0.310 e. The van der Waals surface area contributed by atoms with Gasteiger partial charge in [0.2, 0.25) is 5.54 Å². The molecule has 0 unspecified atom stereocenters. The second kappa shape index (κ2) is 4.65. The lowest BCUT2D eigenvalue weighted by Gasteiger charge is -2.26. The fourth-order valence-electron chi connectivity index (χ4n) is 2.52. The zero-order chi connectivity index (χ0) is 11.4. The molecule has 1 aromatic rings. The molecule has 0 N–H and O–H groups in total. The zero-order valence-electron chi connectivity index (χ0n) is 9.38. The highest BCUT2D eigenvalue weighted by molar-refractivity contribution is 5.21. The number of benzene rings is 1. The summed E-state index contributed by atoms with van der Waals surface area (Å²) in [4.78, 5) is 3.85. The standard InChI is InChI=1S/C14H16FN/c1-16-14(9-3-2-4-10-14)11-12-5-7-13(15)8-6-12/h5-8H,2-4,9-11H2. The Balaban J connectivity index is 2.12. The Labute approximate surface area is 96.1 Å². The van der Waals surface area contributed by atoms with E-state index in [2.05, 4.69) is 4.85 Å². The van der Waals surface area contributed by atoms with Crippen LogP contribution in [0.15, 0.2) is 24.3 Å². The van der Waals surface area contributed by atoms with Crippen LogP contribution in [-0.4, -0.2) is 5.54 Å². The molecule has 16 heavy (non-hydrogen) atoms. The van der Waals surface area contributed by atoms with Gasteiger partial charge in [0.1, 0.15) is 5.82 Å². The monoisotopic (exact) mass is 217 g/mol. The highest BCUT2D eigenvalue weighted by Crippen LogP contribution is 2.34. The van der Waals surface area contributed by atoms with Gasteiger partial charge in [0.05, 0.1) is 6.42 Å². The molecule has 84 valence electrons. The summed E-state index contributed by atoms with van der Waals surface area (Å²) in [7, 11) is 0. The van der Waals surface area contributed by atoms with Crippen LogP contribution in [0.3, 0.4) is 0 Å². The molecule has 0 spiro atoms. The number of rotatable bonds is 2. The third-order valence-corrected chi connectivity index (χ3v) is 3.47. The highest BCUT2D eigenvalue weighted by atomic mass is 19.1. The molecule has 0 bridgehead atoms. The molecule has 1 fully saturated rings. The molecule has 1 aromatic carbocycles. The number of hydrogen-bond acceptors (Lipinski definition) is 0. The number of halogens is 1. The van der Waals surface area contributed by atoms with Crippen molar-refractivity contribution < 1.29 is 4.39 Å². The van der Waals surface area contributed by atoms with Crippen LogP contribution in [0, 0.1) is 12.4 Å². The molecule has 1 saturated carbocycles. The summed E-state index contributed by atoms with van der Waals surface area (Å²) in [6.45, 7) is 7.39. The first-order valence-electron chi connectivity index (χ1n) is 5.87. The van der Waals surface area contributed by atoms with Gasteiger partial charge in [0.15, 0.2) is 0 Å². The predicted octanol–water partition coefficient (Wildman–Crippen LogP) is 3.99. The van der Waals surface area contributed by atoms with Gasteiger partial charge < -0.3 is 4.85 Å². The van der Waals surface area contributed by atoms with Crippen molar-refractivity contribution in [1.82, 2.24) is 0 Å². The predicted molar refractivity (Wildman–Crippen MR) is 62.5 cm³/mol. The topological polar surface area (TPSA) is 4.36 Å². The summed E-state index contributed by atoms with van der Waals surface area (Å²) in [5, 5.41) is 0. The van der Waals surface area contributed by atoms with Crippen molar-refractivity contribution in [3.8, 4) is 0 Å². The van der Waals surface area contributed by atoms with E-state index in [9.17, 15) is 4.39 Å². The van der Waals surface area contributed by atoms with Crippen LogP contribution in [0.25, 0.3) is 4.85 Å². The Morgan fingerprint density at radius 3 is 2.31 bits per heavy atom. The van der Waals surface area contributed by atoms with Gasteiger partial charge in [-0.15, -0.1) is 0 Å². The molecule has 0 aliphatic heterocycles. The van der Waals surface area contributed by atoms with Crippen LogP contribution < -0.4 is 0 Å². The van der Waals surface area contributed by atoms with E-state index in [-0.39, 0.29) is 11.4 Å². The van der Waals surface area contributed by atoms with E-state index in [0.717, 1.165) is 37.7 Å². The van der Waals surface area contributed by atoms with Gasteiger partial charge in [-0.2, -0.15) is 0 Å². The first-order chi connectivity index (χ1) is 7.74. The summed E-state index contributed by atoms with van der Waals surface area (Å²) in [5.41, 5.74) is 0.870. The second-order valence-corrected chi connectivity index (χ2v) is 4.70. The molecule has 2 rings (SSSR count). The van der Waals surface area contributed by atoms with Crippen LogP contribution >= 0.6 is 0 Å². The molecule has 1 aliphatic rings. The first-order valence-corrected chi connectivity index (χ1v) is 5.87. The van der Waals surface area contributed by atoms with Crippen molar-refractivity contribution in [1.29, 1.82) is 0 Å². The molecule has 0 saturated heterocycles. The third-order valence-electron chi connectivity index (χ3n) is 3.47. The van der Waals surface area contributed by atoms with Gasteiger partial charge in [0.25, 0.3) is 0 Å². The van der Waals surface area contributed by atoms with E-state index >= 15 is 0 Å². The van der Waals surface area contributed by atoms with Crippen molar-refractivity contribution in [3.63, 3.8) is 0 Å². The fourth-order valence-corrected chi connectivity index (χ4v) is 2.52. The molecule has 0 amide bonds. The lowest BCUT2D eigenvalue weighted by Crippen LogP contribution is -2.30. The summed E-state index contributed by atoms with van der Waals surface area (Å²) >= 11 is 0. The van der Waals surface area contributed by atoms with E-state index in [1.165, 1.54) is 18.6 Å². The van der Waals surface area contributed by atoms with Crippen LogP contribution in [0.5, 0.6) is 0 Å². The Morgan fingerprint density at radius 1 is 1.12 bits per heavy atom. The van der Waals surface area contributed by atoms with Crippen LogP contribution in [0.4, 0.5) is 4.39 Å². The Morgan fingerprint density at radius 2 is 1.75 bits per heavy atom. The van der Waals surface area contributed by atoms with Crippen LogP contribution in [0.2, 0.25) is 0 Å². The maximum absolute atomic E-state index is 12.8. The Hall–Kier alpha value is -1.36. The van der Waals surface area contributed by atoms with E-state index < -0.39 is 0 Å². The minimum absolute atomic E-state index is 0.204. The smallest absolute Gasteiger partial charge is 0.236 e. The van der Waals surface area contributed by atoms with E-state index in [0.29, 0.717) is 0 Å². The van der Waals surface area contributed by atoms with E-state index in [1.54, 1.807) is 12.1 Å². The molecule has 0 heterocycles. The first kappa shape index (κ1) is 11.1. The normalized spacial score (nSPS) is 19.0. The maximum Gasteiger partial charge on any atom is 0.236 e. The molecule has 1 aliphatic carbocycles. The molecule has 1 nitrogen and oxygen atoms in total. The average Bonchev–Trinajstić information content (AvgIpc) is 2.33. The van der Waals surface area contributed by atoms with Crippen molar-refractivity contribution in [2.24, 2.45) is 0 Å². The summed E-state index contributed by atoms with van der Waals surface area (Å²) in [6.07, 6.45) is 6.33. The lowest BCUT2D eigenvalue weighted by atomic mass is 9.78. The van der Waals surface area contributed by atoms with Crippen molar-refractivity contribution in [3.05, 3.63) is 47.1 Å². The van der Waals surface area contributed by atoms with Crippen molar-refractivity contribution in [2.45, 2.75) is 44.1 Å². The van der Waals surface area contributed by atoms with Gasteiger partial charge in [-0.25, -0.2) is 11.0 Å². The Kier molecular flexibility index (Phi) is 3.24. The van der Waals surface area contributed by atoms with Crippen molar-refractivity contribution >= 4 is 0 Å². The van der Waals surface area contributed by atoms with Gasteiger partial charge >= 0.3 is 0 Å². The largest absolute Gasteiger partial charge is 0.310 e. The zero-order valence-corrected chi connectivity index (χ0v) is 9.38. The van der Waals surface area contributed by atoms with Crippen LogP contribution in [-0.2, 0) is 6.42 Å². The summed E-state index contributed by atoms with van der Waals surface area (Å²) in [5.74, 6) is -0.204. The lowest BCUT2D eigenvalue weighted by molar-refractivity contribution is 0.343. The van der Waals surface area contributed by atoms with E-state index in [4.69, 9.17) is 6.57 Å². The number of hydrogen-bond donors (Lipinski definition) is 0. The molecule has 0 aromatic heterocycles. The van der Waals surface area contributed by atoms with Gasteiger partial charge in [0, 0.05) is 12.8 Å². The fraction of sp³-hybridized carbons (Fsp3) is 0.500. The molecule has 2 heteroatoms. The molecular weight excluding hydrogens is 201 g/mol. The van der Waals surface area contributed by atoms with Crippen molar-refractivity contribution in [2.75, 3.05) is 0 Å². The van der Waals surface area contributed by atoms with Gasteiger partial charge in [-0.1, -0.05) is 18.6 Å². The minimum atomic E-state index is -0.212. The Bertz CT molecular complexity index is 382. The molecule has 0 radical (unpaired) electrons. The highest BCUT2D eigenvalue weighted by Gasteiger charge is 2.37. The quantitative estimate of drug-likeness (QED) is 0.660.